The third kappa shape index (κ3) is 12.4. The molecule has 0 atom stereocenters. The lowest BCUT2D eigenvalue weighted by atomic mass is 10.2. The van der Waals surface area contributed by atoms with E-state index in [-0.39, 0.29) is 0 Å². The first-order valence-corrected chi connectivity index (χ1v) is 24.8. The van der Waals surface area contributed by atoms with Gasteiger partial charge >= 0.3 is 30.6 Å². The van der Waals surface area contributed by atoms with Gasteiger partial charge in [0, 0.05) is 0 Å². The topological polar surface area (TPSA) is 123 Å². The highest BCUT2D eigenvalue weighted by Crippen LogP contribution is 2.80. The van der Waals surface area contributed by atoms with Gasteiger partial charge < -0.3 is 18.1 Å². The quantitative estimate of drug-likeness (QED) is 0.102. The van der Waals surface area contributed by atoms with Crippen molar-refractivity contribution in [2.75, 3.05) is 0 Å². The van der Waals surface area contributed by atoms with Crippen LogP contribution in [0, 0.1) is 27.7 Å². The average Bonchev–Trinajstić information content (AvgIpc) is 3.07. The van der Waals surface area contributed by atoms with Crippen LogP contribution in [-0.4, -0.2) is 24.4 Å². The molecule has 56 heavy (non-hydrogen) atoms. The fraction of sp³-hybridized carbons (Fsp3) is 0.400. The molecule has 0 unspecified atom stereocenters. The van der Waals surface area contributed by atoms with E-state index in [9.17, 15) is 0 Å². The molecule has 304 valence electrons. The van der Waals surface area contributed by atoms with Gasteiger partial charge in [-0.1, -0.05) is 70.8 Å². The van der Waals surface area contributed by atoms with E-state index < -0.39 is 55.1 Å². The van der Waals surface area contributed by atoms with Gasteiger partial charge in [0.1, 0.15) is 23.0 Å². The fourth-order valence-electron chi connectivity index (χ4n) is 5.09. The number of aryl methyl sites for hydroxylation is 4. The van der Waals surface area contributed by atoms with Crippen LogP contribution in [0.3, 0.4) is 0 Å². The third-order valence-electron chi connectivity index (χ3n) is 7.28. The lowest BCUT2D eigenvalue weighted by molar-refractivity contribution is 0.220. The van der Waals surface area contributed by atoms with Gasteiger partial charge in [0.2, 0.25) is 0 Å². The van der Waals surface area contributed by atoms with E-state index >= 15 is 0 Å². The molecule has 1 aliphatic rings. The largest absolute Gasteiger partial charge is 0.422 e. The van der Waals surface area contributed by atoms with E-state index in [1.54, 1.807) is 0 Å². The van der Waals surface area contributed by atoms with Crippen molar-refractivity contribution in [3.63, 3.8) is 0 Å². The molecule has 5 rings (SSSR count). The minimum atomic E-state index is -4.01. The molecular formula is C40H56N4O8P4. The Labute approximate surface area is 333 Å². The lowest BCUT2D eigenvalue weighted by Crippen LogP contribution is -2.13. The molecule has 0 radical (unpaired) electrons. The zero-order valence-corrected chi connectivity index (χ0v) is 38.0. The second-order valence-corrected chi connectivity index (χ2v) is 22.9. The maximum atomic E-state index is 6.91. The Balaban J connectivity index is 2.02. The Kier molecular flexibility index (Phi) is 14.6. The van der Waals surface area contributed by atoms with Crippen molar-refractivity contribution in [3.8, 4) is 23.0 Å². The Morgan fingerprint density at radius 3 is 0.607 bits per heavy atom. The molecular weight excluding hydrogens is 788 g/mol. The van der Waals surface area contributed by atoms with Crippen molar-refractivity contribution in [2.45, 2.75) is 108 Å². The molecule has 1 aliphatic heterocycles. The first-order valence-electron chi connectivity index (χ1n) is 18.7. The van der Waals surface area contributed by atoms with Gasteiger partial charge in [0.25, 0.3) is 0 Å². The predicted molar refractivity (Wildman–Crippen MR) is 230 cm³/mol. The predicted octanol–water partition coefficient (Wildman–Crippen LogP) is 15.0. The van der Waals surface area contributed by atoms with Crippen LogP contribution < -0.4 is 18.1 Å². The average molecular weight is 845 g/mol. The van der Waals surface area contributed by atoms with Gasteiger partial charge in [-0.15, -0.1) is 18.1 Å². The molecule has 0 N–H and O–H groups in total. The SMILES string of the molecule is Cc1ccc(OP2(OC(C)C)=NP(Oc3ccc(C)cc3)(OC(C)C)=NP(Oc3ccc(C)cc3)(OC(C)C)=NP(Oc3ccc(C)cc3)(OC(C)C)=N2)cc1. The summed E-state index contributed by atoms with van der Waals surface area (Å²) in [4.78, 5) is 0. The highest BCUT2D eigenvalue weighted by Gasteiger charge is 2.47. The second kappa shape index (κ2) is 18.6. The normalized spacial score (nSPS) is 23.7. The summed E-state index contributed by atoms with van der Waals surface area (Å²) < 4.78 is 76.6. The maximum Gasteiger partial charge on any atom is 0.404 e. The molecule has 0 fully saturated rings. The Morgan fingerprint density at radius 2 is 0.464 bits per heavy atom. The van der Waals surface area contributed by atoms with E-state index in [1.165, 1.54) is 0 Å². The van der Waals surface area contributed by atoms with E-state index in [1.807, 2.05) is 180 Å². The zero-order chi connectivity index (χ0) is 40.7. The van der Waals surface area contributed by atoms with Gasteiger partial charge in [-0.25, -0.2) is 0 Å². The number of rotatable bonds is 16. The highest BCUT2D eigenvalue weighted by atomic mass is 31.3. The van der Waals surface area contributed by atoms with Crippen molar-refractivity contribution in [2.24, 2.45) is 18.1 Å². The van der Waals surface area contributed by atoms with Crippen molar-refractivity contribution in [3.05, 3.63) is 119 Å². The van der Waals surface area contributed by atoms with Gasteiger partial charge in [-0.05, 0) is 132 Å². The maximum absolute atomic E-state index is 6.91. The molecule has 0 amide bonds. The van der Waals surface area contributed by atoms with Gasteiger partial charge in [0.15, 0.2) is 0 Å². The molecule has 4 aromatic carbocycles. The number of hydrogen-bond donors (Lipinski definition) is 0. The van der Waals surface area contributed by atoms with Crippen LogP contribution in [0.25, 0.3) is 0 Å². The third-order valence-corrected chi connectivity index (χ3v) is 19.1. The van der Waals surface area contributed by atoms with Crippen molar-refractivity contribution in [1.29, 1.82) is 0 Å². The summed E-state index contributed by atoms with van der Waals surface area (Å²) in [5, 5.41) is 0. The summed E-state index contributed by atoms with van der Waals surface area (Å²) >= 11 is 0. The molecule has 0 saturated carbocycles. The highest BCUT2D eigenvalue weighted by molar-refractivity contribution is 7.79. The monoisotopic (exact) mass is 844 g/mol. The smallest absolute Gasteiger partial charge is 0.404 e. The Hall–Kier alpha value is -3.16. The van der Waals surface area contributed by atoms with Crippen LogP contribution >= 0.6 is 30.6 Å². The number of nitrogens with zero attached hydrogens (tertiary/aromatic N) is 4. The Bertz CT molecular complexity index is 1820. The molecule has 0 aliphatic carbocycles. The first kappa shape index (κ1) is 44.0. The van der Waals surface area contributed by atoms with Crippen LogP contribution in [-0.2, 0) is 18.1 Å². The van der Waals surface area contributed by atoms with E-state index in [0.29, 0.717) is 23.0 Å². The molecule has 1 heterocycles. The molecule has 0 aromatic heterocycles. The zero-order valence-electron chi connectivity index (χ0n) is 34.4. The minimum Gasteiger partial charge on any atom is -0.422 e. The van der Waals surface area contributed by atoms with E-state index in [2.05, 4.69) is 0 Å². The first-order chi connectivity index (χ1) is 26.4. The molecule has 16 heteroatoms. The molecule has 0 spiro atoms. The van der Waals surface area contributed by atoms with Crippen LogP contribution in [0.1, 0.15) is 77.6 Å². The summed E-state index contributed by atoms with van der Waals surface area (Å²) in [5.74, 6) is 1.79. The Morgan fingerprint density at radius 1 is 0.304 bits per heavy atom. The van der Waals surface area contributed by atoms with Gasteiger partial charge in [0.05, 0.1) is 24.4 Å². The molecule has 4 aromatic rings. The van der Waals surface area contributed by atoms with E-state index in [4.69, 9.17) is 54.3 Å². The van der Waals surface area contributed by atoms with Gasteiger partial charge in [-0.3, -0.25) is 18.1 Å². The molecule has 12 nitrogen and oxygen atoms in total. The lowest BCUT2D eigenvalue weighted by Gasteiger charge is -2.35. The van der Waals surface area contributed by atoms with Gasteiger partial charge in [-0.2, -0.15) is 0 Å². The number of hydrogen-bond acceptors (Lipinski definition) is 12. The second-order valence-electron chi connectivity index (χ2n) is 14.6. The van der Waals surface area contributed by atoms with Crippen molar-refractivity contribution in [1.82, 2.24) is 0 Å². The van der Waals surface area contributed by atoms with Crippen molar-refractivity contribution < 1.29 is 36.2 Å². The summed E-state index contributed by atoms with van der Waals surface area (Å²) in [6, 6.07) is 30.2. The van der Waals surface area contributed by atoms with Crippen LogP contribution in [0.15, 0.2) is 115 Å². The molecule has 0 bridgehead atoms. The summed E-state index contributed by atoms with van der Waals surface area (Å²) in [7, 11) is -16.1. The summed E-state index contributed by atoms with van der Waals surface area (Å²) in [6.07, 6.45) is -1.85. The molecule has 0 saturated heterocycles. The van der Waals surface area contributed by atoms with Crippen LogP contribution in [0.2, 0.25) is 0 Å². The number of benzene rings is 4. The summed E-state index contributed by atoms with van der Waals surface area (Å²) in [6.45, 7) is 23.0. The minimum absolute atomic E-state index is 0.448. The van der Waals surface area contributed by atoms with Crippen LogP contribution in [0.4, 0.5) is 0 Å². The van der Waals surface area contributed by atoms with E-state index in [0.717, 1.165) is 22.3 Å². The van der Waals surface area contributed by atoms with Crippen LogP contribution in [0.5, 0.6) is 23.0 Å². The fourth-order valence-corrected chi connectivity index (χ4v) is 18.0. The summed E-state index contributed by atoms with van der Waals surface area (Å²) in [5.41, 5.74) is 4.17. The standard InChI is InChI=1S/C40H56N4O8P4/c1-29(2)45-53(49-37-21-13-33(9)14-22-37)41-54(46-30(3)4,50-38-23-15-34(10)16-24-38)43-56(48-32(7)8,52-40-27-19-36(12)20-28-40)44-55(42-53,47-31(5)6)51-39-25-17-35(11)18-26-39/h13-32H,1-12H3. The van der Waals surface area contributed by atoms with Crippen molar-refractivity contribution >= 4 is 30.6 Å².